The van der Waals surface area contributed by atoms with E-state index in [0.717, 1.165) is 16.0 Å². The summed E-state index contributed by atoms with van der Waals surface area (Å²) in [5.41, 5.74) is 1.75. The molecule has 6 nitrogen and oxygen atoms in total. The van der Waals surface area contributed by atoms with Crippen LogP contribution in [0.3, 0.4) is 0 Å². The highest BCUT2D eigenvalue weighted by Crippen LogP contribution is 2.33. The Labute approximate surface area is 163 Å². The lowest BCUT2D eigenvalue weighted by molar-refractivity contribution is -0.121. The van der Waals surface area contributed by atoms with Crippen LogP contribution in [0, 0.1) is 0 Å². The predicted octanol–water partition coefficient (Wildman–Crippen LogP) is 2.94. The van der Waals surface area contributed by atoms with Crippen molar-refractivity contribution >= 4 is 38.8 Å². The van der Waals surface area contributed by atoms with Gasteiger partial charge < -0.3 is 5.32 Å². The van der Waals surface area contributed by atoms with E-state index in [4.69, 9.17) is 0 Å². The van der Waals surface area contributed by atoms with Crippen LogP contribution in [0.2, 0.25) is 0 Å². The first-order chi connectivity index (χ1) is 13.2. The maximum absolute atomic E-state index is 12.9. The van der Waals surface area contributed by atoms with Gasteiger partial charge in [0.25, 0.3) is 5.56 Å². The van der Waals surface area contributed by atoms with E-state index in [-0.39, 0.29) is 18.0 Å². The average molecular weight is 396 g/mol. The lowest BCUT2D eigenvalue weighted by Gasteiger charge is -2.07. The number of carbonyl (C=O) groups excluding carboxylic acids is 1. The van der Waals surface area contributed by atoms with E-state index in [1.165, 1.54) is 22.2 Å². The summed E-state index contributed by atoms with van der Waals surface area (Å²) in [4.78, 5) is 35.2. The summed E-state index contributed by atoms with van der Waals surface area (Å²) < 4.78 is 1.37. The van der Waals surface area contributed by atoms with Gasteiger partial charge in [0.2, 0.25) is 5.91 Å². The highest BCUT2D eigenvalue weighted by molar-refractivity contribution is 7.18. The first kappa shape index (κ1) is 17.6. The molecular formula is C19H16N4O2S2. The Morgan fingerprint density at radius 2 is 2.15 bits per heavy atom. The minimum atomic E-state index is -0.213. The molecule has 27 heavy (non-hydrogen) atoms. The molecule has 0 saturated heterocycles. The van der Waals surface area contributed by atoms with Gasteiger partial charge in [0.05, 0.1) is 11.7 Å². The van der Waals surface area contributed by atoms with E-state index in [9.17, 15) is 9.59 Å². The van der Waals surface area contributed by atoms with Crippen molar-refractivity contribution in [1.82, 2.24) is 19.9 Å². The fourth-order valence-corrected chi connectivity index (χ4v) is 4.52. The molecule has 0 aliphatic carbocycles. The molecule has 0 saturated carbocycles. The van der Waals surface area contributed by atoms with E-state index in [0.29, 0.717) is 23.2 Å². The number of thiophene rings is 2. The highest BCUT2D eigenvalue weighted by atomic mass is 32.1. The van der Waals surface area contributed by atoms with Gasteiger partial charge in [-0.15, -0.1) is 22.7 Å². The second kappa shape index (κ2) is 7.81. The number of pyridine rings is 1. The van der Waals surface area contributed by atoms with Crippen LogP contribution in [-0.4, -0.2) is 27.0 Å². The van der Waals surface area contributed by atoms with Crippen LogP contribution in [0.15, 0.2) is 58.5 Å². The summed E-state index contributed by atoms with van der Waals surface area (Å²) in [6.45, 7) is 0.447. The Hall–Kier alpha value is -2.84. The van der Waals surface area contributed by atoms with E-state index in [1.54, 1.807) is 23.7 Å². The molecule has 4 aromatic rings. The van der Waals surface area contributed by atoms with Crippen molar-refractivity contribution in [3.63, 3.8) is 0 Å². The van der Waals surface area contributed by atoms with Crippen LogP contribution in [0.4, 0.5) is 0 Å². The fraction of sp³-hybridized carbons (Fsp3) is 0.158. The summed E-state index contributed by atoms with van der Waals surface area (Å²) in [5.74, 6) is -0.213. The molecule has 0 aromatic carbocycles. The Bertz CT molecular complexity index is 1120. The fourth-order valence-electron chi connectivity index (χ4n) is 2.80. The molecule has 4 rings (SSSR count). The lowest BCUT2D eigenvalue weighted by Crippen LogP contribution is -2.33. The normalized spacial score (nSPS) is 11.0. The molecule has 0 aliphatic heterocycles. The summed E-state index contributed by atoms with van der Waals surface area (Å²) in [5, 5.41) is 7.34. The van der Waals surface area contributed by atoms with E-state index in [2.05, 4.69) is 15.3 Å². The smallest absolute Gasteiger partial charge is 0.263 e. The molecule has 0 bridgehead atoms. The zero-order chi connectivity index (χ0) is 18.6. The lowest BCUT2D eigenvalue weighted by atomic mass is 10.2. The van der Waals surface area contributed by atoms with Gasteiger partial charge in [-0.25, -0.2) is 4.98 Å². The van der Waals surface area contributed by atoms with Gasteiger partial charge in [-0.1, -0.05) is 12.1 Å². The molecule has 0 spiro atoms. The van der Waals surface area contributed by atoms with Gasteiger partial charge in [0.15, 0.2) is 0 Å². The number of amides is 1. The third-order valence-electron chi connectivity index (χ3n) is 4.12. The minimum absolute atomic E-state index is 0.0471. The molecule has 0 aliphatic rings. The van der Waals surface area contributed by atoms with E-state index in [1.807, 2.05) is 35.0 Å². The Morgan fingerprint density at radius 3 is 2.93 bits per heavy atom. The van der Waals surface area contributed by atoms with Crippen molar-refractivity contribution in [2.75, 3.05) is 6.54 Å². The second-order valence-electron chi connectivity index (χ2n) is 5.95. The summed E-state index contributed by atoms with van der Waals surface area (Å²) >= 11 is 3.02. The average Bonchev–Trinajstić information content (AvgIpc) is 3.34. The number of carbonyl (C=O) groups is 1. The van der Waals surface area contributed by atoms with Gasteiger partial charge in [0.1, 0.15) is 11.4 Å². The molecule has 0 atom stereocenters. The molecule has 136 valence electrons. The standard InChI is InChI=1S/C19H16N4O2S2/c24-16(21-7-5-13-3-1-6-20-9-13)10-23-12-22-18-17(19(23)25)14(11-27-18)15-4-2-8-26-15/h1-4,6,8-9,11-12H,5,7,10H2,(H,21,24). The van der Waals surface area contributed by atoms with E-state index >= 15 is 0 Å². The maximum atomic E-state index is 12.9. The van der Waals surface area contributed by atoms with Gasteiger partial charge in [0, 0.05) is 34.8 Å². The SMILES string of the molecule is O=C(Cn1cnc2scc(-c3cccs3)c2c1=O)NCCc1cccnc1. The van der Waals surface area contributed by atoms with Crippen LogP contribution in [-0.2, 0) is 17.8 Å². The third kappa shape index (κ3) is 3.81. The van der Waals surface area contributed by atoms with Crippen LogP contribution >= 0.6 is 22.7 Å². The number of aromatic nitrogens is 3. The van der Waals surface area contributed by atoms with Crippen molar-refractivity contribution in [2.45, 2.75) is 13.0 Å². The number of hydrogen-bond donors (Lipinski definition) is 1. The highest BCUT2D eigenvalue weighted by Gasteiger charge is 2.15. The van der Waals surface area contributed by atoms with Gasteiger partial charge in [-0.3, -0.25) is 19.1 Å². The topological polar surface area (TPSA) is 76.9 Å². The number of nitrogens with zero attached hydrogens (tertiary/aromatic N) is 3. The van der Waals surface area contributed by atoms with Crippen LogP contribution in [0.5, 0.6) is 0 Å². The molecule has 4 aromatic heterocycles. The number of rotatable bonds is 6. The monoisotopic (exact) mass is 396 g/mol. The van der Waals surface area contributed by atoms with Gasteiger partial charge >= 0.3 is 0 Å². The third-order valence-corrected chi connectivity index (χ3v) is 5.91. The van der Waals surface area contributed by atoms with Crippen LogP contribution in [0.25, 0.3) is 20.7 Å². The molecule has 1 amide bonds. The summed E-state index contributed by atoms with van der Waals surface area (Å²) in [6.07, 6.45) is 5.63. The maximum Gasteiger partial charge on any atom is 0.263 e. The zero-order valence-electron chi connectivity index (χ0n) is 14.3. The summed E-state index contributed by atoms with van der Waals surface area (Å²) in [6, 6.07) is 7.76. The summed E-state index contributed by atoms with van der Waals surface area (Å²) in [7, 11) is 0. The zero-order valence-corrected chi connectivity index (χ0v) is 15.9. The van der Waals surface area contributed by atoms with Crippen molar-refractivity contribution in [3.05, 3.63) is 69.7 Å². The Morgan fingerprint density at radius 1 is 1.22 bits per heavy atom. The number of fused-ring (bicyclic) bond motifs is 1. The van der Waals surface area contributed by atoms with E-state index < -0.39 is 0 Å². The minimum Gasteiger partial charge on any atom is -0.354 e. The molecule has 0 fully saturated rings. The number of hydrogen-bond acceptors (Lipinski definition) is 6. The van der Waals surface area contributed by atoms with Crippen molar-refractivity contribution in [1.29, 1.82) is 0 Å². The van der Waals surface area contributed by atoms with Crippen LogP contribution in [0.1, 0.15) is 5.56 Å². The molecule has 1 N–H and O–H groups in total. The van der Waals surface area contributed by atoms with Gasteiger partial charge in [-0.05, 0) is 29.5 Å². The predicted molar refractivity (Wildman–Crippen MR) is 108 cm³/mol. The number of nitrogens with one attached hydrogen (secondary N) is 1. The Kier molecular flexibility index (Phi) is 5.08. The molecule has 0 radical (unpaired) electrons. The first-order valence-corrected chi connectivity index (χ1v) is 10.1. The molecule has 0 unspecified atom stereocenters. The molecule has 8 heteroatoms. The van der Waals surface area contributed by atoms with Crippen molar-refractivity contribution in [2.24, 2.45) is 0 Å². The largest absolute Gasteiger partial charge is 0.354 e. The molecule has 4 heterocycles. The molecular weight excluding hydrogens is 380 g/mol. The van der Waals surface area contributed by atoms with Crippen molar-refractivity contribution in [3.8, 4) is 10.4 Å². The van der Waals surface area contributed by atoms with Gasteiger partial charge in [-0.2, -0.15) is 0 Å². The Balaban J connectivity index is 1.49. The first-order valence-electron chi connectivity index (χ1n) is 8.38. The second-order valence-corrected chi connectivity index (χ2v) is 7.75. The van der Waals surface area contributed by atoms with Crippen molar-refractivity contribution < 1.29 is 4.79 Å². The quantitative estimate of drug-likeness (QED) is 0.544. The van der Waals surface area contributed by atoms with Crippen LogP contribution < -0.4 is 10.9 Å².